The van der Waals surface area contributed by atoms with Crippen molar-refractivity contribution in [2.75, 3.05) is 46.8 Å². The van der Waals surface area contributed by atoms with Crippen LogP contribution in [-0.2, 0) is 14.2 Å². The van der Waals surface area contributed by atoms with Gasteiger partial charge in [-0.15, -0.1) is 11.3 Å². The molecule has 0 saturated heterocycles. The molecule has 0 radical (unpaired) electrons. The van der Waals surface area contributed by atoms with Crippen LogP contribution < -0.4 is 0 Å². The van der Waals surface area contributed by atoms with Gasteiger partial charge in [-0.25, -0.2) is 4.79 Å². The van der Waals surface area contributed by atoms with E-state index in [0.29, 0.717) is 37.9 Å². The summed E-state index contributed by atoms with van der Waals surface area (Å²) >= 11 is 1.23. The highest BCUT2D eigenvalue weighted by Crippen LogP contribution is 2.06. The van der Waals surface area contributed by atoms with Gasteiger partial charge in [0.1, 0.15) is 4.88 Å². The number of carboxylic acid groups (broad SMARTS) is 1. The molecule has 2 N–H and O–H groups in total. The van der Waals surface area contributed by atoms with Crippen LogP contribution in [0.15, 0.2) is 17.5 Å². The first-order chi connectivity index (χ1) is 9.22. The molecule has 7 heteroatoms. The predicted octanol–water partition coefficient (Wildman–Crippen LogP) is 1.10. The zero-order chi connectivity index (χ0) is 14.3. The fourth-order valence-corrected chi connectivity index (χ4v) is 1.49. The van der Waals surface area contributed by atoms with E-state index >= 15 is 0 Å². The van der Waals surface area contributed by atoms with E-state index in [2.05, 4.69) is 0 Å². The van der Waals surface area contributed by atoms with Gasteiger partial charge in [-0.05, 0) is 11.4 Å². The van der Waals surface area contributed by atoms with Gasteiger partial charge in [-0.3, -0.25) is 0 Å². The fraction of sp³-hybridized carbons (Fsp3) is 0.583. The number of ether oxygens (including phenoxy) is 3. The zero-order valence-corrected chi connectivity index (χ0v) is 11.7. The molecule has 1 aromatic heterocycles. The number of hydrogen-bond acceptors (Lipinski definition) is 6. The first-order valence-corrected chi connectivity index (χ1v) is 6.62. The normalized spacial score (nSPS) is 9.79. The van der Waals surface area contributed by atoms with Crippen molar-refractivity contribution in [1.29, 1.82) is 0 Å². The summed E-state index contributed by atoms with van der Waals surface area (Å²) in [5.74, 6) is -0.847. The van der Waals surface area contributed by atoms with Crippen molar-refractivity contribution >= 4 is 17.3 Å². The van der Waals surface area contributed by atoms with Gasteiger partial charge in [0.25, 0.3) is 0 Å². The number of carbonyl (C=O) groups is 1. The SMILES string of the molecule is COCCOCCOCCO.O=C(O)c1cccs1. The topological polar surface area (TPSA) is 85.2 Å². The number of aliphatic hydroxyl groups is 1. The second-order valence-electron chi connectivity index (χ2n) is 3.22. The van der Waals surface area contributed by atoms with E-state index in [1.165, 1.54) is 11.3 Å². The van der Waals surface area contributed by atoms with E-state index < -0.39 is 5.97 Å². The Morgan fingerprint density at radius 2 is 1.84 bits per heavy atom. The molecule has 1 rings (SSSR count). The molecular formula is C12H20O6S. The minimum Gasteiger partial charge on any atom is -0.477 e. The summed E-state index contributed by atoms with van der Waals surface area (Å²) in [5.41, 5.74) is 0. The summed E-state index contributed by atoms with van der Waals surface area (Å²) in [7, 11) is 1.63. The summed E-state index contributed by atoms with van der Waals surface area (Å²) in [4.78, 5) is 10.5. The predicted molar refractivity (Wildman–Crippen MR) is 71.9 cm³/mol. The molecule has 0 aliphatic rings. The number of thiophene rings is 1. The molecule has 0 fully saturated rings. The molecule has 0 amide bonds. The van der Waals surface area contributed by atoms with Crippen LogP contribution in [0.3, 0.4) is 0 Å². The molecule has 0 aliphatic heterocycles. The van der Waals surface area contributed by atoms with Crippen molar-refractivity contribution in [3.63, 3.8) is 0 Å². The van der Waals surface area contributed by atoms with Gasteiger partial charge in [0.05, 0.1) is 39.6 Å². The van der Waals surface area contributed by atoms with E-state index in [1.54, 1.807) is 24.6 Å². The first-order valence-electron chi connectivity index (χ1n) is 5.74. The fourth-order valence-electron chi connectivity index (χ4n) is 0.929. The molecule has 1 aromatic rings. The molecule has 19 heavy (non-hydrogen) atoms. The van der Waals surface area contributed by atoms with E-state index in [9.17, 15) is 4.79 Å². The monoisotopic (exact) mass is 292 g/mol. The minimum absolute atomic E-state index is 0.0675. The van der Waals surface area contributed by atoms with Gasteiger partial charge in [0.15, 0.2) is 0 Å². The van der Waals surface area contributed by atoms with E-state index in [-0.39, 0.29) is 6.61 Å². The number of aromatic carboxylic acids is 1. The Bertz CT molecular complexity index is 293. The molecule has 6 nitrogen and oxygen atoms in total. The van der Waals surface area contributed by atoms with Crippen LogP contribution in [0.2, 0.25) is 0 Å². The highest BCUT2D eigenvalue weighted by atomic mass is 32.1. The van der Waals surface area contributed by atoms with Crippen LogP contribution in [0.5, 0.6) is 0 Å². The summed E-state index contributed by atoms with van der Waals surface area (Å²) in [6.45, 7) is 2.75. The quantitative estimate of drug-likeness (QED) is 0.663. The molecule has 0 unspecified atom stereocenters. The molecule has 0 saturated carbocycles. The summed E-state index contributed by atoms with van der Waals surface area (Å²) in [6.07, 6.45) is 0. The van der Waals surface area contributed by atoms with Gasteiger partial charge < -0.3 is 24.4 Å². The number of hydrogen-bond donors (Lipinski definition) is 2. The third-order valence-corrected chi connectivity index (χ3v) is 2.63. The average Bonchev–Trinajstić information content (AvgIpc) is 2.93. The lowest BCUT2D eigenvalue weighted by Crippen LogP contribution is -2.09. The third-order valence-electron chi connectivity index (χ3n) is 1.77. The largest absolute Gasteiger partial charge is 0.477 e. The van der Waals surface area contributed by atoms with Crippen molar-refractivity contribution in [2.24, 2.45) is 0 Å². The molecule has 0 spiro atoms. The number of methoxy groups -OCH3 is 1. The molecule has 0 atom stereocenters. The molecule has 1 heterocycles. The second-order valence-corrected chi connectivity index (χ2v) is 4.17. The van der Waals surface area contributed by atoms with Gasteiger partial charge >= 0.3 is 5.97 Å². The van der Waals surface area contributed by atoms with Crippen molar-refractivity contribution in [3.05, 3.63) is 22.4 Å². The Hall–Kier alpha value is -0.990. The molecular weight excluding hydrogens is 272 g/mol. The number of carboxylic acids is 1. The summed E-state index contributed by atoms with van der Waals surface area (Å²) in [6, 6.07) is 3.29. The highest BCUT2D eigenvalue weighted by molar-refractivity contribution is 7.11. The molecule has 0 bridgehead atoms. The highest BCUT2D eigenvalue weighted by Gasteiger charge is 1.99. The second kappa shape index (κ2) is 13.4. The maximum Gasteiger partial charge on any atom is 0.345 e. The molecule has 0 aliphatic carbocycles. The standard InChI is InChI=1S/C7H16O4.C5H4O2S/c1-9-4-5-11-7-6-10-3-2-8;6-5(7)4-2-1-3-8-4/h8H,2-7H2,1H3;1-3H,(H,6,7). The number of rotatable bonds is 9. The Morgan fingerprint density at radius 1 is 1.21 bits per heavy atom. The lowest BCUT2D eigenvalue weighted by Gasteiger charge is -2.03. The van der Waals surface area contributed by atoms with Gasteiger partial charge in [-0.1, -0.05) is 6.07 Å². The van der Waals surface area contributed by atoms with Crippen LogP contribution in [-0.4, -0.2) is 62.9 Å². The minimum atomic E-state index is -0.847. The lowest BCUT2D eigenvalue weighted by atomic mass is 10.5. The van der Waals surface area contributed by atoms with E-state index in [4.69, 9.17) is 24.4 Å². The van der Waals surface area contributed by atoms with Crippen molar-refractivity contribution in [2.45, 2.75) is 0 Å². The van der Waals surface area contributed by atoms with Crippen LogP contribution in [0, 0.1) is 0 Å². The molecule has 0 aromatic carbocycles. The maximum atomic E-state index is 10.1. The van der Waals surface area contributed by atoms with E-state index in [0.717, 1.165) is 0 Å². The van der Waals surface area contributed by atoms with Crippen LogP contribution >= 0.6 is 11.3 Å². The summed E-state index contributed by atoms with van der Waals surface area (Å²) in [5, 5.41) is 18.3. The number of aliphatic hydroxyl groups excluding tert-OH is 1. The maximum absolute atomic E-state index is 10.1. The Balaban J connectivity index is 0.000000356. The Labute approximate surface area is 116 Å². The van der Waals surface area contributed by atoms with Crippen LogP contribution in [0.25, 0.3) is 0 Å². The Morgan fingerprint density at radius 3 is 2.26 bits per heavy atom. The Kier molecular flexibility index (Phi) is 12.7. The van der Waals surface area contributed by atoms with E-state index in [1.807, 2.05) is 0 Å². The first kappa shape index (κ1) is 18.0. The zero-order valence-electron chi connectivity index (χ0n) is 10.9. The third kappa shape index (κ3) is 11.8. The van der Waals surface area contributed by atoms with Crippen molar-refractivity contribution in [3.8, 4) is 0 Å². The summed E-state index contributed by atoms with van der Waals surface area (Å²) < 4.78 is 14.8. The van der Waals surface area contributed by atoms with Crippen LogP contribution in [0.4, 0.5) is 0 Å². The smallest absolute Gasteiger partial charge is 0.345 e. The van der Waals surface area contributed by atoms with Gasteiger partial charge in [0.2, 0.25) is 0 Å². The van der Waals surface area contributed by atoms with Crippen molar-refractivity contribution < 1.29 is 29.2 Å². The van der Waals surface area contributed by atoms with Gasteiger partial charge in [-0.2, -0.15) is 0 Å². The van der Waals surface area contributed by atoms with Crippen LogP contribution in [0.1, 0.15) is 9.67 Å². The lowest BCUT2D eigenvalue weighted by molar-refractivity contribution is 0.0159. The van der Waals surface area contributed by atoms with Crippen molar-refractivity contribution in [1.82, 2.24) is 0 Å². The average molecular weight is 292 g/mol. The molecule has 110 valence electrons. The van der Waals surface area contributed by atoms with Gasteiger partial charge in [0, 0.05) is 7.11 Å².